The van der Waals surface area contributed by atoms with Crippen molar-refractivity contribution in [3.63, 3.8) is 0 Å². The highest BCUT2D eigenvalue weighted by molar-refractivity contribution is 6.31. The zero-order valence-electron chi connectivity index (χ0n) is 16.3. The van der Waals surface area contributed by atoms with Crippen molar-refractivity contribution in [1.29, 1.82) is 0 Å². The number of carbonyl (C=O) groups is 2. The summed E-state index contributed by atoms with van der Waals surface area (Å²) in [5.41, 5.74) is 0.0357. The Morgan fingerprint density at radius 1 is 1.25 bits per heavy atom. The molecule has 0 radical (unpaired) electrons. The molecular weight excluding hydrogens is 384 g/mol. The Balaban J connectivity index is 1.82. The van der Waals surface area contributed by atoms with Crippen LogP contribution in [-0.4, -0.2) is 53.3 Å². The van der Waals surface area contributed by atoms with Crippen LogP contribution in [0.4, 0.5) is 4.79 Å². The summed E-state index contributed by atoms with van der Waals surface area (Å²) < 4.78 is 16.4. The van der Waals surface area contributed by atoms with Crippen molar-refractivity contribution in [1.82, 2.24) is 9.88 Å². The number of carbonyl (C=O) groups excluding carboxylic acids is 2. The molecule has 8 heteroatoms. The van der Waals surface area contributed by atoms with Crippen LogP contribution in [-0.2, 0) is 14.3 Å². The molecule has 2 heterocycles. The van der Waals surface area contributed by atoms with E-state index in [-0.39, 0.29) is 6.54 Å². The summed E-state index contributed by atoms with van der Waals surface area (Å²) in [6.45, 7) is 5.54. The average molecular weight is 407 g/mol. The summed E-state index contributed by atoms with van der Waals surface area (Å²) in [7, 11) is 1.30. The Morgan fingerprint density at radius 2 is 2.00 bits per heavy atom. The Morgan fingerprint density at radius 3 is 2.68 bits per heavy atom. The van der Waals surface area contributed by atoms with Crippen molar-refractivity contribution >= 4 is 34.6 Å². The van der Waals surface area contributed by atoms with Gasteiger partial charge in [-0.15, -0.1) is 0 Å². The maximum absolute atomic E-state index is 12.6. The number of aromatic nitrogens is 1. The first-order valence-electron chi connectivity index (χ1n) is 8.96. The van der Waals surface area contributed by atoms with Crippen molar-refractivity contribution in [2.45, 2.75) is 44.9 Å². The predicted octanol–water partition coefficient (Wildman–Crippen LogP) is 3.82. The minimum Gasteiger partial charge on any atom is -0.488 e. The zero-order chi connectivity index (χ0) is 20.5. The molecule has 2 atom stereocenters. The molecule has 0 aliphatic carbocycles. The number of hydrogen-bond acceptors (Lipinski definition) is 6. The fourth-order valence-corrected chi connectivity index (χ4v) is 3.31. The van der Waals surface area contributed by atoms with Crippen LogP contribution in [0.3, 0.4) is 0 Å². The summed E-state index contributed by atoms with van der Waals surface area (Å²) in [6, 6.07) is 6.34. The van der Waals surface area contributed by atoms with Gasteiger partial charge in [0.1, 0.15) is 23.5 Å². The first kappa shape index (κ1) is 20.2. The van der Waals surface area contributed by atoms with E-state index in [0.717, 1.165) is 5.39 Å². The van der Waals surface area contributed by atoms with Gasteiger partial charge < -0.3 is 14.2 Å². The maximum atomic E-state index is 12.6. The second-order valence-corrected chi connectivity index (χ2v) is 8.05. The average Bonchev–Trinajstić information content (AvgIpc) is 3.03. The fourth-order valence-electron chi connectivity index (χ4n) is 3.14. The number of pyridine rings is 1. The summed E-state index contributed by atoms with van der Waals surface area (Å²) in [6.07, 6.45) is 0.980. The number of nitrogens with zero attached hydrogens (tertiary/aromatic N) is 2. The normalized spacial score (nSPS) is 19.5. The molecule has 1 aromatic heterocycles. The lowest BCUT2D eigenvalue weighted by atomic mass is 10.2. The fraction of sp³-hybridized carbons (Fsp3) is 0.450. The molecule has 0 bridgehead atoms. The molecule has 1 aliphatic heterocycles. The van der Waals surface area contributed by atoms with Crippen molar-refractivity contribution in [2.75, 3.05) is 13.7 Å². The smallest absolute Gasteiger partial charge is 0.411 e. The summed E-state index contributed by atoms with van der Waals surface area (Å²) >= 11 is 6.03. The van der Waals surface area contributed by atoms with E-state index >= 15 is 0 Å². The van der Waals surface area contributed by atoms with Crippen LogP contribution in [0.15, 0.2) is 30.5 Å². The molecule has 0 N–H and O–H groups in total. The van der Waals surface area contributed by atoms with Crippen molar-refractivity contribution in [3.05, 3.63) is 35.5 Å². The van der Waals surface area contributed by atoms with Crippen LogP contribution in [0.25, 0.3) is 10.9 Å². The lowest BCUT2D eigenvalue weighted by Crippen LogP contribution is -2.44. The molecule has 2 aromatic rings. The monoisotopic (exact) mass is 406 g/mol. The van der Waals surface area contributed by atoms with Crippen molar-refractivity contribution < 1.29 is 23.8 Å². The van der Waals surface area contributed by atoms with E-state index in [4.69, 9.17) is 25.8 Å². The van der Waals surface area contributed by atoms with Gasteiger partial charge in [0.15, 0.2) is 0 Å². The van der Waals surface area contributed by atoms with Gasteiger partial charge in [-0.1, -0.05) is 11.6 Å². The van der Waals surface area contributed by atoms with E-state index in [2.05, 4.69) is 4.98 Å². The van der Waals surface area contributed by atoms with Gasteiger partial charge >= 0.3 is 12.1 Å². The van der Waals surface area contributed by atoms with Crippen LogP contribution >= 0.6 is 11.6 Å². The number of amides is 1. The minimum absolute atomic E-state index is 0.214. The van der Waals surface area contributed by atoms with Gasteiger partial charge in [0, 0.05) is 23.0 Å². The highest BCUT2D eigenvalue weighted by atomic mass is 35.5. The number of ether oxygens (including phenoxy) is 3. The third-order valence-corrected chi connectivity index (χ3v) is 4.56. The number of hydrogen-bond donors (Lipinski definition) is 0. The highest BCUT2D eigenvalue weighted by Crippen LogP contribution is 2.30. The summed E-state index contributed by atoms with van der Waals surface area (Å²) in [5, 5.41) is 1.39. The van der Waals surface area contributed by atoms with Crippen LogP contribution < -0.4 is 4.74 Å². The van der Waals surface area contributed by atoms with Crippen LogP contribution in [0.1, 0.15) is 27.2 Å². The molecule has 3 rings (SSSR count). The van der Waals surface area contributed by atoms with E-state index in [1.807, 2.05) is 6.07 Å². The first-order valence-corrected chi connectivity index (χ1v) is 9.34. The Hall–Kier alpha value is -2.54. The van der Waals surface area contributed by atoms with Gasteiger partial charge in [-0.3, -0.25) is 9.88 Å². The lowest BCUT2D eigenvalue weighted by molar-refractivity contribution is -0.145. The van der Waals surface area contributed by atoms with Crippen molar-refractivity contribution in [2.24, 2.45) is 0 Å². The topological polar surface area (TPSA) is 78.0 Å². The number of halogens is 1. The molecule has 1 amide bonds. The molecule has 1 aliphatic rings. The van der Waals surface area contributed by atoms with E-state index in [0.29, 0.717) is 22.7 Å². The van der Waals surface area contributed by atoms with Gasteiger partial charge in [0.05, 0.1) is 19.2 Å². The number of benzene rings is 1. The highest BCUT2D eigenvalue weighted by Gasteiger charge is 2.43. The molecule has 1 aromatic carbocycles. The molecule has 1 fully saturated rings. The Labute approximate surface area is 168 Å². The van der Waals surface area contributed by atoms with E-state index < -0.39 is 29.8 Å². The molecule has 0 spiro atoms. The Bertz CT molecular complexity index is 896. The molecule has 1 saturated heterocycles. The SMILES string of the molecule is COC(=O)C1C[C@@H](Oc2ccnc3cc(Cl)ccc23)CN1C(=O)OC(C)(C)C. The maximum Gasteiger partial charge on any atom is 0.411 e. The summed E-state index contributed by atoms with van der Waals surface area (Å²) in [4.78, 5) is 30.4. The van der Waals surface area contributed by atoms with E-state index in [1.54, 1.807) is 45.2 Å². The molecule has 1 unspecified atom stereocenters. The van der Waals surface area contributed by atoms with Gasteiger partial charge in [-0.05, 0) is 45.0 Å². The van der Waals surface area contributed by atoms with Gasteiger partial charge in [0.25, 0.3) is 0 Å². The van der Waals surface area contributed by atoms with Crippen LogP contribution in [0.5, 0.6) is 5.75 Å². The quantitative estimate of drug-likeness (QED) is 0.721. The third-order valence-electron chi connectivity index (χ3n) is 4.32. The molecule has 28 heavy (non-hydrogen) atoms. The van der Waals surface area contributed by atoms with Gasteiger partial charge in [-0.2, -0.15) is 0 Å². The predicted molar refractivity (Wildman–Crippen MR) is 105 cm³/mol. The van der Waals surface area contributed by atoms with E-state index in [9.17, 15) is 9.59 Å². The molecule has 150 valence electrons. The van der Waals surface area contributed by atoms with Crippen molar-refractivity contribution in [3.8, 4) is 5.75 Å². The molecule has 7 nitrogen and oxygen atoms in total. The van der Waals surface area contributed by atoms with Gasteiger partial charge in [0.2, 0.25) is 0 Å². The zero-order valence-corrected chi connectivity index (χ0v) is 17.0. The number of likely N-dealkylation sites (tertiary alicyclic amines) is 1. The first-order chi connectivity index (χ1) is 13.2. The second kappa shape index (κ2) is 7.83. The Kier molecular flexibility index (Phi) is 5.65. The third kappa shape index (κ3) is 4.47. The van der Waals surface area contributed by atoms with Crippen LogP contribution in [0, 0.1) is 0 Å². The minimum atomic E-state index is -0.757. The number of methoxy groups -OCH3 is 1. The van der Waals surface area contributed by atoms with E-state index in [1.165, 1.54) is 12.0 Å². The number of rotatable bonds is 3. The molecule has 0 saturated carbocycles. The second-order valence-electron chi connectivity index (χ2n) is 7.62. The lowest BCUT2D eigenvalue weighted by Gasteiger charge is -2.27. The summed E-state index contributed by atoms with van der Waals surface area (Å²) in [5.74, 6) is 0.115. The number of fused-ring (bicyclic) bond motifs is 1. The standard InChI is InChI=1S/C20H23ClN2O5/c1-20(2,3)28-19(25)23-11-13(10-16(23)18(24)26-4)27-17-7-8-22-15-9-12(21)5-6-14(15)17/h5-9,13,16H,10-11H2,1-4H3/t13-,16?/m1/s1. The van der Waals surface area contributed by atoms with Gasteiger partial charge in [-0.25, -0.2) is 9.59 Å². The van der Waals surface area contributed by atoms with Crippen LogP contribution in [0.2, 0.25) is 5.02 Å². The number of esters is 1. The molecular formula is C20H23ClN2O5. The largest absolute Gasteiger partial charge is 0.488 e.